The Labute approximate surface area is 159 Å². The molecule has 2 heterocycles. The van der Waals surface area contributed by atoms with Crippen LogP contribution in [0.15, 0.2) is 54.6 Å². The summed E-state index contributed by atoms with van der Waals surface area (Å²) in [5, 5.41) is 13.4. The molecule has 3 N–H and O–H groups in total. The Morgan fingerprint density at radius 2 is 2.07 bits per heavy atom. The molecule has 0 radical (unpaired) electrons. The zero-order chi connectivity index (χ0) is 18.6. The van der Waals surface area contributed by atoms with Crippen LogP contribution in [0.5, 0.6) is 0 Å². The van der Waals surface area contributed by atoms with Crippen LogP contribution < -0.4 is 5.32 Å². The Morgan fingerprint density at radius 1 is 1.19 bits per heavy atom. The van der Waals surface area contributed by atoms with E-state index in [9.17, 15) is 4.79 Å². The van der Waals surface area contributed by atoms with Crippen molar-refractivity contribution in [2.24, 2.45) is 5.92 Å². The van der Waals surface area contributed by atoms with E-state index in [4.69, 9.17) is 5.11 Å². The van der Waals surface area contributed by atoms with Crippen LogP contribution in [-0.4, -0.2) is 47.1 Å². The van der Waals surface area contributed by atoms with Crippen molar-refractivity contribution in [1.29, 1.82) is 0 Å². The zero-order valence-electron chi connectivity index (χ0n) is 15.3. The van der Waals surface area contributed by atoms with E-state index >= 15 is 0 Å². The lowest BCUT2D eigenvalue weighted by Crippen LogP contribution is -2.41. The standard InChI is InChI=1S/C22H25N3O2/c26-12-11-25-10-4-7-18(15-25)22(27)23-19-8-3-6-16(13-19)21-14-17-5-1-2-9-20(17)24-21/h1-3,5-6,8-9,13-14,18,24,26H,4,7,10-12,15H2,(H,23,27)/t18-/m0/s1. The second-order valence-electron chi connectivity index (χ2n) is 7.20. The molecule has 0 bridgehead atoms. The minimum atomic E-state index is -0.0259. The largest absolute Gasteiger partial charge is 0.395 e. The van der Waals surface area contributed by atoms with Crippen molar-refractivity contribution >= 4 is 22.5 Å². The normalized spacial score (nSPS) is 17.9. The molecule has 27 heavy (non-hydrogen) atoms. The number of rotatable bonds is 5. The van der Waals surface area contributed by atoms with E-state index < -0.39 is 0 Å². The summed E-state index contributed by atoms with van der Waals surface area (Å²) in [5.74, 6) is 0.0356. The predicted molar refractivity (Wildman–Crippen MR) is 109 cm³/mol. The van der Waals surface area contributed by atoms with Crippen LogP contribution in [0.25, 0.3) is 22.2 Å². The number of piperidine rings is 1. The van der Waals surface area contributed by atoms with Gasteiger partial charge < -0.3 is 20.3 Å². The summed E-state index contributed by atoms with van der Waals surface area (Å²) < 4.78 is 0. The van der Waals surface area contributed by atoms with E-state index in [0.717, 1.165) is 41.8 Å². The highest BCUT2D eigenvalue weighted by molar-refractivity contribution is 5.94. The molecule has 3 aromatic rings. The molecule has 1 atom stereocenters. The second kappa shape index (κ2) is 7.94. The van der Waals surface area contributed by atoms with E-state index in [0.29, 0.717) is 13.1 Å². The molecule has 0 unspecified atom stereocenters. The van der Waals surface area contributed by atoms with Crippen molar-refractivity contribution in [3.05, 3.63) is 54.6 Å². The maximum Gasteiger partial charge on any atom is 0.228 e. The van der Waals surface area contributed by atoms with Crippen LogP contribution in [0.2, 0.25) is 0 Å². The van der Waals surface area contributed by atoms with Gasteiger partial charge in [-0.05, 0) is 43.7 Å². The van der Waals surface area contributed by atoms with Gasteiger partial charge in [0.25, 0.3) is 0 Å². The number of nitrogens with zero attached hydrogens (tertiary/aromatic N) is 1. The monoisotopic (exact) mass is 363 g/mol. The fourth-order valence-electron chi connectivity index (χ4n) is 3.85. The Balaban J connectivity index is 1.48. The molecular formula is C22H25N3O2. The molecule has 0 aliphatic carbocycles. The molecule has 1 saturated heterocycles. The summed E-state index contributed by atoms with van der Waals surface area (Å²) in [4.78, 5) is 18.3. The maximum absolute atomic E-state index is 12.7. The molecular weight excluding hydrogens is 338 g/mol. The number of aliphatic hydroxyl groups is 1. The van der Waals surface area contributed by atoms with Crippen molar-refractivity contribution in [1.82, 2.24) is 9.88 Å². The number of carbonyl (C=O) groups excluding carboxylic acids is 1. The van der Waals surface area contributed by atoms with Gasteiger partial charge in [-0.25, -0.2) is 0 Å². The molecule has 0 saturated carbocycles. The number of β-amino-alcohol motifs (C(OH)–C–C–N with tert-alkyl or cyclic N) is 1. The van der Waals surface area contributed by atoms with Gasteiger partial charge >= 0.3 is 0 Å². The topological polar surface area (TPSA) is 68.4 Å². The van der Waals surface area contributed by atoms with Gasteiger partial charge in [-0.2, -0.15) is 0 Å². The number of fused-ring (bicyclic) bond motifs is 1. The van der Waals surface area contributed by atoms with Gasteiger partial charge in [0, 0.05) is 40.9 Å². The number of hydrogen-bond acceptors (Lipinski definition) is 3. The first-order valence-corrected chi connectivity index (χ1v) is 9.55. The van der Waals surface area contributed by atoms with E-state index in [-0.39, 0.29) is 18.4 Å². The van der Waals surface area contributed by atoms with Crippen molar-refractivity contribution in [3.8, 4) is 11.3 Å². The lowest BCUT2D eigenvalue weighted by Gasteiger charge is -2.31. The number of aromatic nitrogens is 1. The minimum absolute atomic E-state index is 0.0259. The number of amides is 1. The lowest BCUT2D eigenvalue weighted by atomic mass is 9.97. The Hall–Kier alpha value is -2.63. The van der Waals surface area contributed by atoms with Crippen molar-refractivity contribution in [2.75, 3.05) is 31.6 Å². The highest BCUT2D eigenvalue weighted by Gasteiger charge is 2.25. The van der Waals surface area contributed by atoms with Gasteiger partial charge in [0.2, 0.25) is 5.91 Å². The van der Waals surface area contributed by atoms with Crippen LogP contribution in [0.1, 0.15) is 12.8 Å². The number of para-hydroxylation sites is 1. The molecule has 140 valence electrons. The Morgan fingerprint density at radius 3 is 2.93 bits per heavy atom. The molecule has 1 fully saturated rings. The van der Waals surface area contributed by atoms with Gasteiger partial charge in [0.05, 0.1) is 12.5 Å². The molecule has 1 amide bonds. The fourth-order valence-corrected chi connectivity index (χ4v) is 3.85. The minimum Gasteiger partial charge on any atom is -0.395 e. The molecule has 5 heteroatoms. The summed E-state index contributed by atoms with van der Waals surface area (Å²) in [6.45, 7) is 2.45. The van der Waals surface area contributed by atoms with Gasteiger partial charge in [0.15, 0.2) is 0 Å². The highest BCUT2D eigenvalue weighted by atomic mass is 16.3. The third-order valence-corrected chi connectivity index (χ3v) is 5.26. The number of likely N-dealkylation sites (tertiary alicyclic amines) is 1. The van der Waals surface area contributed by atoms with Gasteiger partial charge in [0.1, 0.15) is 0 Å². The van der Waals surface area contributed by atoms with Crippen LogP contribution >= 0.6 is 0 Å². The molecule has 2 aromatic carbocycles. The molecule has 4 rings (SSSR count). The quantitative estimate of drug-likeness (QED) is 0.650. The SMILES string of the molecule is O=C(Nc1cccc(-c2cc3ccccc3[nH]2)c1)[C@H]1CCCN(CCO)C1. The maximum atomic E-state index is 12.7. The number of carbonyl (C=O) groups is 1. The first-order chi connectivity index (χ1) is 13.2. The Bertz CT molecular complexity index is 899. The molecule has 1 aliphatic rings. The number of aromatic amines is 1. The van der Waals surface area contributed by atoms with Crippen LogP contribution in [0.3, 0.4) is 0 Å². The van der Waals surface area contributed by atoms with Gasteiger partial charge in [-0.15, -0.1) is 0 Å². The lowest BCUT2D eigenvalue weighted by molar-refractivity contribution is -0.121. The van der Waals surface area contributed by atoms with Gasteiger partial charge in [-0.1, -0.05) is 30.3 Å². The summed E-state index contributed by atoms with van der Waals surface area (Å²) in [6.07, 6.45) is 1.89. The number of nitrogens with one attached hydrogen (secondary N) is 2. The van der Waals surface area contributed by atoms with Crippen LogP contribution in [0, 0.1) is 5.92 Å². The van der Waals surface area contributed by atoms with E-state index in [1.165, 1.54) is 5.39 Å². The molecule has 1 aliphatic heterocycles. The fraction of sp³-hybridized carbons (Fsp3) is 0.318. The first kappa shape index (κ1) is 17.8. The zero-order valence-corrected chi connectivity index (χ0v) is 15.3. The average molecular weight is 363 g/mol. The van der Waals surface area contributed by atoms with Crippen molar-refractivity contribution in [2.45, 2.75) is 12.8 Å². The molecule has 1 aromatic heterocycles. The smallest absolute Gasteiger partial charge is 0.228 e. The predicted octanol–water partition coefficient (Wildman–Crippen LogP) is 3.48. The second-order valence-corrected chi connectivity index (χ2v) is 7.20. The number of hydrogen-bond donors (Lipinski definition) is 3. The number of aliphatic hydroxyl groups excluding tert-OH is 1. The summed E-state index contributed by atoms with van der Waals surface area (Å²) >= 11 is 0. The van der Waals surface area contributed by atoms with Crippen molar-refractivity contribution < 1.29 is 9.90 Å². The molecule has 5 nitrogen and oxygen atoms in total. The molecule has 0 spiro atoms. The van der Waals surface area contributed by atoms with Crippen molar-refractivity contribution in [3.63, 3.8) is 0 Å². The third-order valence-electron chi connectivity index (χ3n) is 5.26. The number of H-pyrrole nitrogens is 1. The van der Waals surface area contributed by atoms with E-state index in [1.54, 1.807) is 0 Å². The highest BCUT2D eigenvalue weighted by Crippen LogP contribution is 2.26. The number of benzene rings is 2. The van der Waals surface area contributed by atoms with E-state index in [2.05, 4.69) is 33.4 Å². The van der Waals surface area contributed by atoms with Gasteiger partial charge in [-0.3, -0.25) is 4.79 Å². The first-order valence-electron chi connectivity index (χ1n) is 9.55. The Kier molecular flexibility index (Phi) is 5.23. The summed E-state index contributed by atoms with van der Waals surface area (Å²) in [5.41, 5.74) is 4.01. The average Bonchev–Trinajstić information content (AvgIpc) is 3.13. The third kappa shape index (κ3) is 4.04. The summed E-state index contributed by atoms with van der Waals surface area (Å²) in [7, 11) is 0. The van der Waals surface area contributed by atoms with Crippen LogP contribution in [0.4, 0.5) is 5.69 Å². The summed E-state index contributed by atoms with van der Waals surface area (Å²) in [6, 6.07) is 18.3. The van der Waals surface area contributed by atoms with Crippen LogP contribution in [-0.2, 0) is 4.79 Å². The number of anilines is 1. The van der Waals surface area contributed by atoms with E-state index in [1.807, 2.05) is 36.4 Å².